The Balaban J connectivity index is 1.55. The standard InChI is InChI=1S/C30H20BN3O2/c35-31(36)22-15-16-28-25(18-22)23-9-4-6-12-27(23)34(28)30-32-26-11-5-3-10-24(26)29(33-30)21-14-13-19-7-1-2-8-20(19)17-21/h1-18,35-36H. The minimum Gasteiger partial charge on any atom is -0.423 e. The quantitative estimate of drug-likeness (QED) is 0.351. The van der Waals surface area contributed by atoms with Crippen molar-refractivity contribution in [1.82, 2.24) is 14.5 Å². The molecule has 2 N–H and O–H groups in total. The number of fused-ring (bicyclic) bond motifs is 5. The van der Waals surface area contributed by atoms with Gasteiger partial charge < -0.3 is 10.0 Å². The van der Waals surface area contributed by atoms with Crippen LogP contribution in [-0.2, 0) is 0 Å². The first-order valence-electron chi connectivity index (χ1n) is 11.8. The third-order valence-corrected chi connectivity index (χ3v) is 6.81. The van der Waals surface area contributed by atoms with Crippen molar-refractivity contribution in [3.8, 4) is 17.2 Å². The highest BCUT2D eigenvalue weighted by Crippen LogP contribution is 2.34. The van der Waals surface area contributed by atoms with Gasteiger partial charge in [-0.3, -0.25) is 4.57 Å². The molecule has 0 saturated heterocycles. The summed E-state index contributed by atoms with van der Waals surface area (Å²) in [7, 11) is -1.53. The first-order chi connectivity index (χ1) is 17.7. The van der Waals surface area contributed by atoms with Crippen LogP contribution < -0.4 is 5.46 Å². The van der Waals surface area contributed by atoms with Crippen molar-refractivity contribution in [3.63, 3.8) is 0 Å². The Bertz CT molecular complexity index is 1940. The molecule has 0 unspecified atom stereocenters. The van der Waals surface area contributed by atoms with E-state index in [1.807, 2.05) is 66.7 Å². The molecule has 170 valence electrons. The summed E-state index contributed by atoms with van der Waals surface area (Å²) < 4.78 is 2.05. The molecule has 0 bridgehead atoms. The van der Waals surface area contributed by atoms with Crippen LogP contribution in [0.4, 0.5) is 0 Å². The van der Waals surface area contributed by atoms with Gasteiger partial charge in [-0.25, -0.2) is 9.97 Å². The molecule has 2 heterocycles. The van der Waals surface area contributed by atoms with Crippen molar-refractivity contribution in [2.75, 3.05) is 0 Å². The van der Waals surface area contributed by atoms with Crippen molar-refractivity contribution in [2.45, 2.75) is 0 Å². The van der Waals surface area contributed by atoms with Crippen LogP contribution in [0.5, 0.6) is 0 Å². The molecule has 5 aromatic carbocycles. The Morgan fingerprint density at radius 3 is 2.17 bits per heavy atom. The molecule has 5 nitrogen and oxygen atoms in total. The summed E-state index contributed by atoms with van der Waals surface area (Å²) in [6, 6.07) is 36.3. The minimum atomic E-state index is -1.53. The molecule has 0 radical (unpaired) electrons. The summed E-state index contributed by atoms with van der Waals surface area (Å²) in [4.78, 5) is 10.1. The Hall–Kier alpha value is -4.52. The van der Waals surface area contributed by atoms with Gasteiger partial charge in [0.2, 0.25) is 5.95 Å². The third kappa shape index (κ3) is 3.20. The molecule has 0 spiro atoms. The van der Waals surface area contributed by atoms with E-state index in [4.69, 9.17) is 9.97 Å². The highest BCUT2D eigenvalue weighted by Gasteiger charge is 2.19. The second kappa shape index (κ2) is 8.02. The van der Waals surface area contributed by atoms with Gasteiger partial charge in [-0.1, -0.05) is 84.9 Å². The van der Waals surface area contributed by atoms with Crippen molar-refractivity contribution < 1.29 is 10.0 Å². The molecule has 7 aromatic rings. The van der Waals surface area contributed by atoms with Gasteiger partial charge in [-0.2, -0.15) is 0 Å². The van der Waals surface area contributed by atoms with E-state index in [2.05, 4.69) is 41.0 Å². The highest BCUT2D eigenvalue weighted by molar-refractivity contribution is 6.59. The van der Waals surface area contributed by atoms with E-state index < -0.39 is 7.12 Å². The van der Waals surface area contributed by atoms with E-state index in [-0.39, 0.29) is 0 Å². The maximum absolute atomic E-state index is 9.76. The summed E-state index contributed by atoms with van der Waals surface area (Å²) in [6.45, 7) is 0. The summed E-state index contributed by atoms with van der Waals surface area (Å²) >= 11 is 0. The first-order valence-corrected chi connectivity index (χ1v) is 11.8. The maximum atomic E-state index is 9.76. The van der Waals surface area contributed by atoms with Crippen molar-refractivity contribution in [3.05, 3.63) is 109 Å². The number of aromatic nitrogens is 3. The van der Waals surface area contributed by atoms with Gasteiger partial charge in [0.15, 0.2) is 0 Å². The van der Waals surface area contributed by atoms with Crippen LogP contribution in [0.1, 0.15) is 0 Å². The fourth-order valence-corrected chi connectivity index (χ4v) is 5.09. The Morgan fingerprint density at radius 1 is 0.583 bits per heavy atom. The van der Waals surface area contributed by atoms with E-state index in [1.54, 1.807) is 6.07 Å². The predicted molar refractivity (Wildman–Crippen MR) is 147 cm³/mol. The Kier molecular flexibility index (Phi) is 4.64. The fourth-order valence-electron chi connectivity index (χ4n) is 5.09. The summed E-state index contributed by atoms with van der Waals surface area (Å²) in [5, 5.41) is 24.8. The molecule has 7 rings (SSSR count). The lowest BCUT2D eigenvalue weighted by atomic mass is 9.80. The molecule has 0 fully saturated rings. The second-order valence-corrected chi connectivity index (χ2v) is 8.95. The van der Waals surface area contributed by atoms with Crippen LogP contribution in [0.25, 0.3) is 60.7 Å². The Morgan fingerprint density at radius 2 is 1.31 bits per heavy atom. The zero-order valence-electron chi connectivity index (χ0n) is 19.2. The topological polar surface area (TPSA) is 71.2 Å². The molecular weight excluding hydrogens is 445 g/mol. The number of hydrogen-bond donors (Lipinski definition) is 2. The van der Waals surface area contributed by atoms with Crippen LogP contribution >= 0.6 is 0 Å². The van der Waals surface area contributed by atoms with Gasteiger partial charge in [0.05, 0.1) is 22.2 Å². The van der Waals surface area contributed by atoms with Crippen molar-refractivity contribution in [1.29, 1.82) is 0 Å². The predicted octanol–water partition coefficient (Wildman–Crippen LogP) is 5.23. The smallest absolute Gasteiger partial charge is 0.423 e. The summed E-state index contributed by atoms with van der Waals surface area (Å²) in [5.74, 6) is 0.570. The summed E-state index contributed by atoms with van der Waals surface area (Å²) in [6.07, 6.45) is 0. The molecule has 0 aliphatic rings. The van der Waals surface area contributed by atoms with Gasteiger partial charge in [-0.05, 0) is 40.5 Å². The molecule has 6 heteroatoms. The van der Waals surface area contributed by atoms with Crippen LogP contribution in [-0.4, -0.2) is 31.7 Å². The molecule has 0 aliphatic carbocycles. The lowest BCUT2D eigenvalue weighted by Crippen LogP contribution is -2.29. The molecule has 36 heavy (non-hydrogen) atoms. The normalized spacial score (nSPS) is 11.6. The van der Waals surface area contributed by atoms with Gasteiger partial charge in [0.1, 0.15) is 0 Å². The van der Waals surface area contributed by atoms with E-state index in [9.17, 15) is 10.0 Å². The molecule has 2 aromatic heterocycles. The van der Waals surface area contributed by atoms with Crippen molar-refractivity contribution in [2.24, 2.45) is 0 Å². The summed E-state index contributed by atoms with van der Waals surface area (Å²) in [5.41, 5.74) is 5.06. The third-order valence-electron chi connectivity index (χ3n) is 6.81. The molecule has 0 saturated carbocycles. The van der Waals surface area contributed by atoms with E-state index >= 15 is 0 Å². The average Bonchev–Trinajstić information content (AvgIpc) is 3.26. The van der Waals surface area contributed by atoms with E-state index in [0.29, 0.717) is 11.4 Å². The Labute approximate surface area is 207 Å². The van der Waals surface area contributed by atoms with Gasteiger partial charge in [0, 0.05) is 21.7 Å². The second-order valence-electron chi connectivity index (χ2n) is 8.95. The lowest BCUT2D eigenvalue weighted by molar-refractivity contribution is 0.426. The number of benzene rings is 5. The molecular formula is C30H20BN3O2. The minimum absolute atomic E-state index is 0.446. The van der Waals surface area contributed by atoms with Crippen molar-refractivity contribution >= 4 is 56.1 Å². The van der Waals surface area contributed by atoms with Gasteiger partial charge in [-0.15, -0.1) is 0 Å². The van der Waals surface area contributed by atoms with Gasteiger partial charge >= 0.3 is 7.12 Å². The lowest BCUT2D eigenvalue weighted by Gasteiger charge is -2.12. The largest absolute Gasteiger partial charge is 0.488 e. The zero-order valence-corrected chi connectivity index (χ0v) is 19.2. The fraction of sp³-hybridized carbons (Fsp3) is 0. The van der Waals surface area contributed by atoms with E-state index in [0.717, 1.165) is 49.4 Å². The molecule has 0 aliphatic heterocycles. The molecule has 0 atom stereocenters. The maximum Gasteiger partial charge on any atom is 0.488 e. The molecule has 0 amide bonds. The monoisotopic (exact) mass is 465 g/mol. The van der Waals surface area contributed by atoms with Crippen LogP contribution in [0, 0.1) is 0 Å². The zero-order chi connectivity index (χ0) is 24.2. The number of hydrogen-bond acceptors (Lipinski definition) is 4. The number of rotatable bonds is 3. The SMILES string of the molecule is OB(O)c1ccc2c(c1)c1ccccc1n2-c1nc(-c2ccc3ccccc3c2)c2ccccc2n1. The van der Waals surface area contributed by atoms with Crippen LogP contribution in [0.3, 0.4) is 0 Å². The van der Waals surface area contributed by atoms with Gasteiger partial charge in [0.25, 0.3) is 0 Å². The number of nitrogens with zero attached hydrogens (tertiary/aromatic N) is 3. The van der Waals surface area contributed by atoms with Crippen LogP contribution in [0.2, 0.25) is 0 Å². The van der Waals surface area contributed by atoms with E-state index in [1.165, 1.54) is 5.39 Å². The number of para-hydroxylation sites is 2. The first kappa shape index (κ1) is 20.8. The van der Waals surface area contributed by atoms with Crippen LogP contribution in [0.15, 0.2) is 109 Å². The average molecular weight is 465 g/mol. The highest BCUT2D eigenvalue weighted by atomic mass is 16.4.